The summed E-state index contributed by atoms with van der Waals surface area (Å²) in [4.78, 5) is 11.5. The molecule has 1 aliphatic heterocycles. The van der Waals surface area contributed by atoms with Gasteiger partial charge in [0.15, 0.2) is 0 Å². The Morgan fingerprint density at radius 1 is 1.08 bits per heavy atom. The monoisotopic (exact) mass is 373 g/mol. The van der Waals surface area contributed by atoms with E-state index in [1.54, 1.807) is 28.6 Å². The number of esters is 1. The number of nitrogens with zero attached hydrogens (tertiary/aromatic N) is 1. The number of sulfonamides is 1. The largest absolute Gasteiger partial charge is 0.465 e. The van der Waals surface area contributed by atoms with Crippen LogP contribution in [-0.2, 0) is 21.3 Å². The second-order valence-corrected chi connectivity index (χ2v) is 8.67. The third-order valence-electron chi connectivity index (χ3n) is 4.91. The Labute approximate surface area is 154 Å². The predicted molar refractivity (Wildman–Crippen MR) is 100 cm³/mol. The van der Waals surface area contributed by atoms with E-state index in [1.165, 1.54) is 7.11 Å². The maximum absolute atomic E-state index is 13.2. The molecule has 2 atom stereocenters. The van der Waals surface area contributed by atoms with Crippen LogP contribution in [0.4, 0.5) is 0 Å². The van der Waals surface area contributed by atoms with Gasteiger partial charge >= 0.3 is 5.97 Å². The molecule has 1 saturated heterocycles. The normalized spacial score (nSPS) is 22.7. The van der Waals surface area contributed by atoms with E-state index in [4.69, 9.17) is 4.74 Å². The van der Waals surface area contributed by atoms with Crippen LogP contribution in [-0.4, -0.2) is 31.8 Å². The highest BCUT2D eigenvalue weighted by atomic mass is 32.2. The van der Waals surface area contributed by atoms with Gasteiger partial charge in [0, 0.05) is 12.6 Å². The number of carbonyl (C=O) groups is 1. The summed E-state index contributed by atoms with van der Waals surface area (Å²) in [5.74, 6) is -0.403. The molecule has 0 N–H and O–H groups in total. The van der Waals surface area contributed by atoms with Crippen LogP contribution in [0.2, 0.25) is 0 Å². The van der Waals surface area contributed by atoms with Gasteiger partial charge < -0.3 is 4.74 Å². The van der Waals surface area contributed by atoms with E-state index in [1.807, 2.05) is 37.3 Å². The van der Waals surface area contributed by atoms with Gasteiger partial charge in [-0.1, -0.05) is 42.5 Å². The van der Waals surface area contributed by atoms with Gasteiger partial charge in [0.05, 0.1) is 12.7 Å². The van der Waals surface area contributed by atoms with E-state index >= 15 is 0 Å². The molecule has 1 fully saturated rings. The summed E-state index contributed by atoms with van der Waals surface area (Å²) < 4.78 is 32.7. The van der Waals surface area contributed by atoms with Crippen molar-refractivity contribution in [1.82, 2.24) is 4.31 Å². The second-order valence-electron chi connectivity index (χ2n) is 6.60. The van der Waals surface area contributed by atoms with Crippen molar-refractivity contribution in [1.29, 1.82) is 0 Å². The van der Waals surface area contributed by atoms with Crippen LogP contribution in [0.15, 0.2) is 54.6 Å². The molecular formula is C20H23NO4S. The van der Waals surface area contributed by atoms with Crippen LogP contribution >= 0.6 is 0 Å². The fraction of sp³-hybridized carbons (Fsp3) is 0.350. The van der Waals surface area contributed by atoms with Gasteiger partial charge in [-0.25, -0.2) is 13.2 Å². The highest BCUT2D eigenvalue weighted by Crippen LogP contribution is 2.37. The van der Waals surface area contributed by atoms with Crippen LogP contribution in [0.5, 0.6) is 0 Å². The molecule has 5 nitrogen and oxygen atoms in total. The predicted octanol–water partition coefficient (Wildman–Crippen LogP) is 3.53. The average molecular weight is 373 g/mol. The molecule has 2 aromatic carbocycles. The minimum absolute atomic E-state index is 0.0553. The molecule has 2 unspecified atom stereocenters. The summed E-state index contributed by atoms with van der Waals surface area (Å²) >= 11 is 0. The Hall–Kier alpha value is -2.18. The highest BCUT2D eigenvalue weighted by molar-refractivity contribution is 7.89. The van der Waals surface area contributed by atoms with E-state index in [2.05, 4.69) is 0 Å². The van der Waals surface area contributed by atoms with Crippen LogP contribution in [0.25, 0.3) is 0 Å². The van der Waals surface area contributed by atoms with Crippen LogP contribution in [0.3, 0.4) is 0 Å². The summed E-state index contributed by atoms with van der Waals surface area (Å²) in [5, 5.41) is -0.505. The van der Waals surface area contributed by atoms with E-state index in [0.29, 0.717) is 18.5 Å². The molecule has 1 heterocycles. The Bertz CT molecular complexity index is 862. The first-order valence-electron chi connectivity index (χ1n) is 8.66. The molecule has 26 heavy (non-hydrogen) atoms. The Morgan fingerprint density at radius 2 is 1.73 bits per heavy atom. The second kappa shape index (κ2) is 7.60. The molecule has 0 saturated carbocycles. The number of hydrogen-bond acceptors (Lipinski definition) is 4. The maximum atomic E-state index is 13.2. The highest BCUT2D eigenvalue weighted by Gasteiger charge is 2.40. The first-order chi connectivity index (χ1) is 12.4. The fourth-order valence-corrected chi connectivity index (χ4v) is 5.59. The first kappa shape index (κ1) is 18.6. The zero-order valence-corrected chi connectivity index (χ0v) is 15.8. The molecule has 138 valence electrons. The van der Waals surface area contributed by atoms with Crippen molar-refractivity contribution in [3.8, 4) is 0 Å². The Kier molecular flexibility index (Phi) is 5.44. The summed E-state index contributed by atoms with van der Waals surface area (Å²) in [6.45, 7) is 2.25. The summed E-state index contributed by atoms with van der Waals surface area (Å²) in [6.07, 6.45) is 1.45. The number of hydrogen-bond donors (Lipinski definition) is 0. The molecule has 0 radical (unpaired) electrons. The van der Waals surface area contributed by atoms with Crippen molar-refractivity contribution in [3.63, 3.8) is 0 Å². The van der Waals surface area contributed by atoms with Crippen molar-refractivity contribution < 1.29 is 17.9 Å². The number of ether oxygens (including phenoxy) is 1. The van der Waals surface area contributed by atoms with E-state index in [9.17, 15) is 13.2 Å². The molecule has 0 spiro atoms. The molecule has 3 rings (SSSR count). The van der Waals surface area contributed by atoms with E-state index < -0.39 is 21.2 Å². The lowest BCUT2D eigenvalue weighted by Gasteiger charge is -2.37. The molecule has 0 bridgehead atoms. The Morgan fingerprint density at radius 3 is 2.35 bits per heavy atom. The van der Waals surface area contributed by atoms with Gasteiger partial charge in [0.25, 0.3) is 0 Å². The number of methoxy groups -OCH3 is 1. The van der Waals surface area contributed by atoms with Gasteiger partial charge in [-0.05, 0) is 43.0 Å². The van der Waals surface area contributed by atoms with Crippen molar-refractivity contribution in [2.24, 2.45) is 0 Å². The lowest BCUT2D eigenvalue weighted by Crippen LogP contribution is -2.44. The third kappa shape index (κ3) is 3.66. The molecule has 0 aliphatic carbocycles. The van der Waals surface area contributed by atoms with Crippen LogP contribution < -0.4 is 0 Å². The topological polar surface area (TPSA) is 63.7 Å². The fourth-order valence-electron chi connectivity index (χ4n) is 3.40. The molecule has 0 amide bonds. The van der Waals surface area contributed by atoms with Crippen molar-refractivity contribution in [3.05, 3.63) is 71.3 Å². The van der Waals surface area contributed by atoms with Crippen LogP contribution in [0.1, 0.15) is 46.5 Å². The third-order valence-corrected chi connectivity index (χ3v) is 7.28. The van der Waals surface area contributed by atoms with E-state index in [0.717, 1.165) is 17.5 Å². The smallest absolute Gasteiger partial charge is 0.337 e. The van der Waals surface area contributed by atoms with Gasteiger partial charge in [0.2, 0.25) is 10.0 Å². The van der Waals surface area contributed by atoms with E-state index in [-0.39, 0.29) is 6.04 Å². The van der Waals surface area contributed by atoms with Gasteiger partial charge in [-0.3, -0.25) is 0 Å². The minimum atomic E-state index is -3.45. The lowest BCUT2D eigenvalue weighted by atomic mass is 10.0. The standard InChI is InChI=1S/C20H23NO4S/c1-15-8-13-19(17-6-4-3-5-7-17)26(23,24)21(15)14-16-9-11-18(12-10-16)20(22)25-2/h3-7,9-12,15,19H,8,13-14H2,1-2H3. The number of carbonyl (C=O) groups excluding carboxylic acids is 1. The van der Waals surface area contributed by atoms with Gasteiger partial charge in [-0.2, -0.15) is 4.31 Å². The quantitative estimate of drug-likeness (QED) is 0.769. The maximum Gasteiger partial charge on any atom is 0.337 e. The van der Waals surface area contributed by atoms with Crippen molar-refractivity contribution >= 4 is 16.0 Å². The molecule has 1 aliphatic rings. The van der Waals surface area contributed by atoms with Crippen molar-refractivity contribution in [2.75, 3.05) is 7.11 Å². The number of rotatable bonds is 4. The zero-order chi connectivity index (χ0) is 18.7. The average Bonchev–Trinajstić information content (AvgIpc) is 2.65. The summed E-state index contributed by atoms with van der Waals surface area (Å²) in [7, 11) is -2.12. The minimum Gasteiger partial charge on any atom is -0.465 e. The Balaban J connectivity index is 1.84. The van der Waals surface area contributed by atoms with Crippen LogP contribution in [0, 0.1) is 0 Å². The zero-order valence-electron chi connectivity index (χ0n) is 15.0. The first-order valence-corrected chi connectivity index (χ1v) is 10.2. The molecule has 6 heteroatoms. The molecular weight excluding hydrogens is 350 g/mol. The van der Waals surface area contributed by atoms with Crippen molar-refractivity contribution in [2.45, 2.75) is 37.6 Å². The molecule has 0 aromatic heterocycles. The SMILES string of the molecule is COC(=O)c1ccc(CN2C(C)CCC(c3ccccc3)S2(=O)=O)cc1. The van der Waals surface area contributed by atoms with Gasteiger partial charge in [0.1, 0.15) is 5.25 Å². The summed E-state index contributed by atoms with van der Waals surface area (Å²) in [5.41, 5.74) is 2.14. The number of benzene rings is 2. The van der Waals surface area contributed by atoms with Gasteiger partial charge in [-0.15, -0.1) is 0 Å². The lowest BCUT2D eigenvalue weighted by molar-refractivity contribution is 0.0600. The summed E-state index contributed by atoms with van der Waals surface area (Å²) in [6, 6.07) is 16.2. The molecule has 2 aromatic rings.